The molecule has 13 heavy (non-hydrogen) atoms. The molecular formula is C7H6Cl2N2OS. The Bertz CT molecular complexity index is 332. The zero-order valence-electron chi connectivity index (χ0n) is 6.75. The maximum Gasteiger partial charge on any atom is 0.257 e. The molecule has 1 aromatic heterocycles. The molecule has 6 heteroatoms. The summed E-state index contributed by atoms with van der Waals surface area (Å²) in [5.41, 5.74) is 0.142. The minimum absolute atomic E-state index is 0.103. The molecule has 0 atom stereocenters. The molecule has 0 aliphatic rings. The Kier molecular flexibility index (Phi) is 3.96. The molecule has 0 spiro atoms. The van der Waals surface area contributed by atoms with Crippen LogP contribution in [0.2, 0.25) is 5.15 Å². The lowest BCUT2D eigenvalue weighted by atomic mass is 10.4. The molecular weight excluding hydrogens is 231 g/mol. The van der Waals surface area contributed by atoms with Crippen LogP contribution in [-0.2, 0) is 0 Å². The van der Waals surface area contributed by atoms with E-state index in [1.807, 2.05) is 6.92 Å². The summed E-state index contributed by atoms with van der Waals surface area (Å²) in [7, 11) is 0. The first-order chi connectivity index (χ1) is 6.15. The molecule has 0 aliphatic heterocycles. The number of hydrogen-bond donors (Lipinski definition) is 0. The summed E-state index contributed by atoms with van der Waals surface area (Å²) in [5.74, 6) is 0.852. The van der Waals surface area contributed by atoms with Crippen LogP contribution in [0.25, 0.3) is 0 Å². The van der Waals surface area contributed by atoms with Crippen molar-refractivity contribution in [2.75, 3.05) is 5.75 Å². The Morgan fingerprint density at radius 2 is 2.38 bits per heavy atom. The van der Waals surface area contributed by atoms with Crippen molar-refractivity contribution < 1.29 is 4.79 Å². The van der Waals surface area contributed by atoms with Crippen LogP contribution in [-0.4, -0.2) is 21.0 Å². The molecule has 0 unspecified atom stereocenters. The lowest BCUT2D eigenvalue weighted by molar-refractivity contribution is 0.108. The standard InChI is InChI=1S/C7H6Cl2N2OS/c1-2-13-7-10-3-4(6(9)12)5(8)11-7/h3H,2H2,1H3. The molecule has 70 valence electrons. The summed E-state index contributed by atoms with van der Waals surface area (Å²) in [5, 5.41) is 0.0122. The average Bonchev–Trinajstić information content (AvgIpc) is 2.04. The molecule has 0 saturated heterocycles. The minimum Gasteiger partial charge on any atom is -0.275 e. The number of rotatable bonds is 3. The Balaban J connectivity index is 2.98. The van der Waals surface area contributed by atoms with Gasteiger partial charge in [-0.1, -0.05) is 30.3 Å². The van der Waals surface area contributed by atoms with Gasteiger partial charge in [-0.2, -0.15) is 0 Å². The summed E-state index contributed by atoms with van der Waals surface area (Å²) in [6, 6.07) is 0. The fraction of sp³-hybridized carbons (Fsp3) is 0.286. The van der Waals surface area contributed by atoms with Crippen LogP contribution in [0.5, 0.6) is 0 Å². The van der Waals surface area contributed by atoms with Gasteiger partial charge in [0, 0.05) is 6.20 Å². The Morgan fingerprint density at radius 1 is 1.69 bits per heavy atom. The van der Waals surface area contributed by atoms with Crippen molar-refractivity contribution in [1.29, 1.82) is 0 Å². The lowest BCUT2D eigenvalue weighted by Gasteiger charge is -1.99. The number of carbonyl (C=O) groups excluding carboxylic acids is 1. The number of thioether (sulfide) groups is 1. The van der Waals surface area contributed by atoms with Crippen molar-refractivity contribution in [3.8, 4) is 0 Å². The quantitative estimate of drug-likeness (QED) is 0.351. The fourth-order valence-electron chi connectivity index (χ4n) is 0.677. The van der Waals surface area contributed by atoms with Crippen LogP contribution < -0.4 is 0 Å². The lowest BCUT2D eigenvalue weighted by Crippen LogP contribution is -1.96. The van der Waals surface area contributed by atoms with Gasteiger partial charge in [0.15, 0.2) is 5.16 Å². The van der Waals surface area contributed by atoms with Crippen LogP contribution in [0.4, 0.5) is 0 Å². The first kappa shape index (κ1) is 10.8. The van der Waals surface area contributed by atoms with E-state index in [0.29, 0.717) is 5.16 Å². The van der Waals surface area contributed by atoms with Gasteiger partial charge in [0.25, 0.3) is 5.24 Å². The molecule has 0 N–H and O–H groups in total. The first-order valence-corrected chi connectivity index (χ1v) is 5.24. The topological polar surface area (TPSA) is 42.9 Å². The second-order valence-electron chi connectivity index (χ2n) is 2.06. The van der Waals surface area contributed by atoms with Gasteiger partial charge in [-0.05, 0) is 17.4 Å². The highest BCUT2D eigenvalue weighted by atomic mass is 35.5. The largest absolute Gasteiger partial charge is 0.275 e. The van der Waals surface area contributed by atoms with Crippen molar-refractivity contribution >= 4 is 40.2 Å². The third-order valence-electron chi connectivity index (χ3n) is 1.21. The van der Waals surface area contributed by atoms with E-state index < -0.39 is 5.24 Å². The summed E-state index contributed by atoms with van der Waals surface area (Å²) >= 11 is 12.4. The summed E-state index contributed by atoms with van der Waals surface area (Å²) < 4.78 is 0. The Labute approximate surface area is 89.9 Å². The molecule has 1 rings (SSSR count). The summed E-state index contributed by atoms with van der Waals surface area (Å²) in [6.07, 6.45) is 1.34. The third kappa shape index (κ3) is 2.83. The highest BCUT2D eigenvalue weighted by molar-refractivity contribution is 7.99. The van der Waals surface area contributed by atoms with Crippen LogP contribution in [0, 0.1) is 0 Å². The molecule has 0 amide bonds. The zero-order valence-corrected chi connectivity index (χ0v) is 9.08. The fourth-order valence-corrected chi connectivity index (χ4v) is 1.67. The van der Waals surface area contributed by atoms with E-state index in [1.54, 1.807) is 0 Å². The van der Waals surface area contributed by atoms with Gasteiger partial charge < -0.3 is 0 Å². The van der Waals surface area contributed by atoms with Crippen molar-refractivity contribution in [2.24, 2.45) is 0 Å². The monoisotopic (exact) mass is 236 g/mol. The van der Waals surface area contributed by atoms with Gasteiger partial charge >= 0.3 is 0 Å². The maximum atomic E-state index is 10.7. The molecule has 0 aliphatic carbocycles. The van der Waals surface area contributed by atoms with E-state index in [4.69, 9.17) is 23.2 Å². The Morgan fingerprint density at radius 3 is 2.85 bits per heavy atom. The summed E-state index contributed by atoms with van der Waals surface area (Å²) in [4.78, 5) is 18.5. The van der Waals surface area contributed by atoms with Crippen LogP contribution in [0.15, 0.2) is 11.4 Å². The number of nitrogens with zero attached hydrogens (tertiary/aromatic N) is 2. The van der Waals surface area contributed by atoms with Crippen molar-refractivity contribution in [3.05, 3.63) is 16.9 Å². The van der Waals surface area contributed by atoms with E-state index in [9.17, 15) is 4.79 Å². The second-order valence-corrected chi connectivity index (χ2v) is 4.00. The smallest absolute Gasteiger partial charge is 0.257 e. The number of aromatic nitrogens is 2. The van der Waals surface area contributed by atoms with Crippen LogP contribution in [0.3, 0.4) is 0 Å². The van der Waals surface area contributed by atoms with Crippen molar-refractivity contribution in [1.82, 2.24) is 9.97 Å². The third-order valence-corrected chi connectivity index (χ3v) is 2.44. The Hall–Kier alpha value is -0.320. The number of carbonyl (C=O) groups is 1. The molecule has 1 heterocycles. The van der Waals surface area contributed by atoms with E-state index >= 15 is 0 Å². The predicted molar refractivity (Wildman–Crippen MR) is 53.6 cm³/mol. The molecule has 0 aromatic carbocycles. The predicted octanol–water partition coefficient (Wildman–Crippen LogP) is 2.62. The highest BCUT2D eigenvalue weighted by Gasteiger charge is 2.10. The molecule has 0 saturated carbocycles. The maximum absolute atomic E-state index is 10.7. The van der Waals surface area contributed by atoms with E-state index in [2.05, 4.69) is 9.97 Å². The number of hydrogen-bond acceptors (Lipinski definition) is 4. The van der Waals surface area contributed by atoms with Crippen molar-refractivity contribution in [2.45, 2.75) is 12.1 Å². The van der Waals surface area contributed by atoms with Gasteiger partial charge in [-0.25, -0.2) is 9.97 Å². The van der Waals surface area contributed by atoms with Crippen molar-refractivity contribution in [3.63, 3.8) is 0 Å². The highest BCUT2D eigenvalue weighted by Crippen LogP contribution is 2.19. The molecule has 0 fully saturated rings. The van der Waals surface area contributed by atoms with E-state index in [0.717, 1.165) is 5.75 Å². The molecule has 0 bridgehead atoms. The van der Waals surface area contributed by atoms with Gasteiger partial charge in [0.2, 0.25) is 0 Å². The van der Waals surface area contributed by atoms with Gasteiger partial charge in [-0.3, -0.25) is 4.79 Å². The summed E-state index contributed by atoms with van der Waals surface area (Å²) in [6.45, 7) is 1.97. The van der Waals surface area contributed by atoms with E-state index in [-0.39, 0.29) is 10.7 Å². The molecule has 1 aromatic rings. The minimum atomic E-state index is -0.641. The van der Waals surface area contributed by atoms with Crippen LogP contribution in [0.1, 0.15) is 17.3 Å². The second kappa shape index (κ2) is 4.79. The SMILES string of the molecule is CCSc1ncc(C(=O)Cl)c(Cl)n1. The normalized spacial score (nSPS) is 10.1. The van der Waals surface area contributed by atoms with Crippen LogP contribution >= 0.6 is 35.0 Å². The number of halogens is 2. The van der Waals surface area contributed by atoms with Gasteiger partial charge in [0.1, 0.15) is 5.15 Å². The molecule has 0 radical (unpaired) electrons. The average molecular weight is 237 g/mol. The van der Waals surface area contributed by atoms with Gasteiger partial charge in [-0.15, -0.1) is 0 Å². The first-order valence-electron chi connectivity index (χ1n) is 3.50. The zero-order chi connectivity index (χ0) is 9.84. The van der Waals surface area contributed by atoms with E-state index in [1.165, 1.54) is 18.0 Å². The van der Waals surface area contributed by atoms with Gasteiger partial charge in [0.05, 0.1) is 5.56 Å². The molecule has 3 nitrogen and oxygen atoms in total.